The van der Waals surface area contributed by atoms with Crippen LogP contribution in [0.2, 0.25) is 0 Å². The summed E-state index contributed by atoms with van der Waals surface area (Å²) in [6.45, 7) is 4.13. The number of nitrogens with one attached hydrogen (secondary N) is 1. The largest absolute Gasteiger partial charge is 0.431 e. The number of aromatic nitrogens is 3. The van der Waals surface area contributed by atoms with Crippen molar-refractivity contribution in [2.45, 2.75) is 19.8 Å². The fourth-order valence-electron chi connectivity index (χ4n) is 3.29. The highest BCUT2D eigenvalue weighted by Gasteiger charge is 2.21. The molecule has 1 N–H and O–H groups in total. The van der Waals surface area contributed by atoms with Crippen molar-refractivity contribution in [3.05, 3.63) is 101 Å². The monoisotopic (exact) mass is 455 g/mol. The van der Waals surface area contributed by atoms with Gasteiger partial charge in [0, 0.05) is 35.8 Å². The molecule has 34 heavy (non-hydrogen) atoms. The van der Waals surface area contributed by atoms with Crippen molar-refractivity contribution in [2.75, 3.05) is 5.32 Å². The number of carbonyl (C=O) groups excluding carboxylic acids is 1. The van der Waals surface area contributed by atoms with Crippen molar-refractivity contribution in [1.29, 1.82) is 0 Å². The van der Waals surface area contributed by atoms with E-state index in [-0.39, 0.29) is 22.9 Å². The third-order valence-electron chi connectivity index (χ3n) is 5.07. The summed E-state index contributed by atoms with van der Waals surface area (Å²) in [4.78, 5) is 36.3. The molecule has 2 aromatic heterocycles. The van der Waals surface area contributed by atoms with Crippen molar-refractivity contribution in [1.82, 2.24) is 15.0 Å². The van der Waals surface area contributed by atoms with E-state index in [1.807, 2.05) is 18.2 Å². The Labute approximate surface area is 195 Å². The Hall–Kier alpha value is -4.66. The summed E-state index contributed by atoms with van der Waals surface area (Å²) in [5, 5.41) is 14.5. The molecule has 0 saturated carbocycles. The Bertz CT molecular complexity index is 1340. The average molecular weight is 455 g/mol. The minimum Gasteiger partial charge on any atom is -0.431 e. The van der Waals surface area contributed by atoms with Gasteiger partial charge in [0.2, 0.25) is 11.6 Å². The van der Waals surface area contributed by atoms with Crippen LogP contribution in [0.1, 0.15) is 35.7 Å². The van der Waals surface area contributed by atoms with E-state index in [0.717, 1.165) is 5.56 Å². The van der Waals surface area contributed by atoms with Gasteiger partial charge in [-0.2, -0.15) is 0 Å². The molecule has 0 unspecified atom stereocenters. The molecule has 0 fully saturated rings. The first-order valence-electron chi connectivity index (χ1n) is 10.5. The zero-order valence-electron chi connectivity index (χ0n) is 18.5. The molecule has 0 radical (unpaired) electrons. The van der Waals surface area contributed by atoms with Crippen LogP contribution < -0.4 is 10.1 Å². The lowest BCUT2D eigenvalue weighted by Crippen LogP contribution is -2.12. The molecule has 1 amide bonds. The fraction of sp³-hybridized carbons (Fsp3) is 0.120. The third kappa shape index (κ3) is 5.04. The van der Waals surface area contributed by atoms with E-state index in [1.165, 1.54) is 30.7 Å². The second kappa shape index (κ2) is 9.86. The van der Waals surface area contributed by atoms with Crippen LogP contribution in [0.5, 0.6) is 11.6 Å². The highest BCUT2D eigenvalue weighted by atomic mass is 16.6. The molecular formula is C25H21N5O4. The number of nitrogens with zero attached hydrogens (tertiary/aromatic N) is 4. The number of pyridine rings is 1. The van der Waals surface area contributed by atoms with E-state index < -0.39 is 10.8 Å². The first-order valence-corrected chi connectivity index (χ1v) is 10.5. The number of nitro benzene ring substituents is 1. The molecule has 0 aliphatic heterocycles. The normalized spacial score (nSPS) is 10.7. The summed E-state index contributed by atoms with van der Waals surface area (Å²) in [5.74, 6) is -0.106. The van der Waals surface area contributed by atoms with Gasteiger partial charge in [-0.3, -0.25) is 14.9 Å². The lowest BCUT2D eigenvalue weighted by molar-refractivity contribution is -0.385. The number of nitro groups is 1. The second-order valence-corrected chi connectivity index (χ2v) is 7.73. The number of hydrogen-bond acceptors (Lipinski definition) is 7. The zero-order valence-corrected chi connectivity index (χ0v) is 18.5. The average Bonchev–Trinajstić information content (AvgIpc) is 2.85. The van der Waals surface area contributed by atoms with E-state index in [0.29, 0.717) is 22.9 Å². The number of amides is 1. The van der Waals surface area contributed by atoms with E-state index in [2.05, 4.69) is 34.1 Å². The van der Waals surface area contributed by atoms with Gasteiger partial charge in [-0.05, 0) is 47.9 Å². The number of hydrogen-bond donors (Lipinski definition) is 1. The van der Waals surface area contributed by atoms with Crippen molar-refractivity contribution < 1.29 is 14.5 Å². The molecule has 0 aliphatic carbocycles. The summed E-state index contributed by atoms with van der Waals surface area (Å²) in [6, 6.07) is 16.6. The van der Waals surface area contributed by atoms with Gasteiger partial charge in [-0.1, -0.05) is 26.0 Å². The molecule has 9 nitrogen and oxygen atoms in total. The van der Waals surface area contributed by atoms with Gasteiger partial charge >= 0.3 is 5.69 Å². The molecular weight excluding hydrogens is 434 g/mol. The van der Waals surface area contributed by atoms with Gasteiger partial charge in [0.1, 0.15) is 6.33 Å². The first kappa shape index (κ1) is 22.5. The molecule has 4 rings (SSSR count). The number of ether oxygens (including phenoxy) is 1. The highest BCUT2D eigenvalue weighted by molar-refractivity contribution is 6.04. The summed E-state index contributed by atoms with van der Waals surface area (Å²) >= 11 is 0. The Balaban J connectivity index is 1.66. The van der Waals surface area contributed by atoms with Crippen LogP contribution in [0, 0.1) is 10.1 Å². The summed E-state index contributed by atoms with van der Waals surface area (Å²) in [6.07, 6.45) is 4.46. The molecule has 2 aromatic carbocycles. The number of anilines is 1. The van der Waals surface area contributed by atoms with Gasteiger partial charge in [0.05, 0.1) is 16.2 Å². The van der Waals surface area contributed by atoms with E-state index in [1.54, 1.807) is 30.5 Å². The van der Waals surface area contributed by atoms with Crippen LogP contribution in [0.3, 0.4) is 0 Å². The molecule has 0 spiro atoms. The van der Waals surface area contributed by atoms with Gasteiger partial charge in [-0.25, -0.2) is 15.0 Å². The van der Waals surface area contributed by atoms with Crippen molar-refractivity contribution >= 4 is 17.3 Å². The smallest absolute Gasteiger partial charge is 0.311 e. The lowest BCUT2D eigenvalue weighted by Gasteiger charge is -2.12. The molecule has 9 heteroatoms. The van der Waals surface area contributed by atoms with E-state index in [4.69, 9.17) is 4.74 Å². The van der Waals surface area contributed by atoms with Gasteiger partial charge in [-0.15, -0.1) is 0 Å². The van der Waals surface area contributed by atoms with Crippen molar-refractivity contribution in [3.63, 3.8) is 0 Å². The second-order valence-electron chi connectivity index (χ2n) is 7.73. The van der Waals surface area contributed by atoms with Gasteiger partial charge < -0.3 is 10.1 Å². The topological polar surface area (TPSA) is 120 Å². The minimum atomic E-state index is -0.573. The Kier molecular flexibility index (Phi) is 6.54. The number of carbonyl (C=O) groups is 1. The van der Waals surface area contributed by atoms with E-state index in [9.17, 15) is 14.9 Å². The first-order chi connectivity index (χ1) is 16.4. The van der Waals surface area contributed by atoms with Crippen LogP contribution in [-0.4, -0.2) is 25.8 Å². The predicted octanol–water partition coefficient (Wildman–Crippen LogP) is 5.61. The molecule has 0 aliphatic rings. The third-order valence-corrected chi connectivity index (χ3v) is 5.07. The molecule has 0 bridgehead atoms. The number of benzene rings is 2. The summed E-state index contributed by atoms with van der Waals surface area (Å²) < 4.78 is 5.85. The quantitative estimate of drug-likeness (QED) is 0.284. The Morgan fingerprint density at radius 3 is 2.62 bits per heavy atom. The standard InChI is InChI=1S/C25H21N5O4/c1-16(2)17-5-3-6-19(13-17)29-24(31)18-8-9-22(30(32)33)23(14-18)34-25-20(7-4-11-27-25)21-10-12-26-15-28-21/h3-16H,1-2H3,(H,29,31). The summed E-state index contributed by atoms with van der Waals surface area (Å²) in [7, 11) is 0. The lowest BCUT2D eigenvalue weighted by atomic mass is 10.0. The van der Waals surface area contributed by atoms with Crippen LogP contribution >= 0.6 is 0 Å². The molecule has 170 valence electrons. The van der Waals surface area contributed by atoms with Gasteiger partial charge in [0.25, 0.3) is 5.91 Å². The SMILES string of the molecule is CC(C)c1cccc(NC(=O)c2ccc([N+](=O)[O-])c(Oc3ncccc3-c3ccncn3)c2)c1. The van der Waals surface area contributed by atoms with Crippen LogP contribution in [-0.2, 0) is 0 Å². The van der Waals surface area contributed by atoms with Crippen LogP contribution in [0.25, 0.3) is 11.3 Å². The van der Waals surface area contributed by atoms with Crippen LogP contribution in [0.15, 0.2) is 79.4 Å². The highest BCUT2D eigenvalue weighted by Crippen LogP contribution is 2.35. The maximum Gasteiger partial charge on any atom is 0.311 e. The van der Waals surface area contributed by atoms with Crippen molar-refractivity contribution in [3.8, 4) is 22.9 Å². The van der Waals surface area contributed by atoms with Crippen LogP contribution in [0.4, 0.5) is 11.4 Å². The van der Waals surface area contributed by atoms with Crippen molar-refractivity contribution in [2.24, 2.45) is 0 Å². The molecule has 0 saturated heterocycles. The molecule has 2 heterocycles. The Morgan fingerprint density at radius 2 is 1.88 bits per heavy atom. The minimum absolute atomic E-state index is 0.109. The molecule has 4 aromatic rings. The van der Waals surface area contributed by atoms with Gasteiger partial charge in [0.15, 0.2) is 0 Å². The Morgan fingerprint density at radius 1 is 1.03 bits per heavy atom. The predicted molar refractivity (Wildman–Crippen MR) is 127 cm³/mol. The molecule has 0 atom stereocenters. The maximum atomic E-state index is 12.9. The van der Waals surface area contributed by atoms with E-state index >= 15 is 0 Å². The zero-order chi connectivity index (χ0) is 24.1. The summed E-state index contributed by atoms with van der Waals surface area (Å²) in [5.41, 5.74) is 2.69. The fourth-order valence-corrected chi connectivity index (χ4v) is 3.29. The number of rotatable bonds is 7. The maximum absolute atomic E-state index is 12.9.